The minimum Gasteiger partial charge on any atom is -0.310 e. The van der Waals surface area contributed by atoms with Gasteiger partial charge in [0.15, 0.2) is 0 Å². The molecule has 4 bridgehead atoms. The van der Waals surface area contributed by atoms with Crippen LogP contribution in [0.4, 0.5) is 17.1 Å². The van der Waals surface area contributed by atoms with Crippen molar-refractivity contribution in [2.45, 2.75) is 98.7 Å². The predicted molar refractivity (Wildman–Crippen MR) is 185 cm³/mol. The Balaban J connectivity index is 1.29. The van der Waals surface area contributed by atoms with Gasteiger partial charge in [-0.05, 0) is 144 Å². The molecule has 4 fully saturated rings. The first-order valence-electron chi connectivity index (χ1n) is 17.2. The summed E-state index contributed by atoms with van der Waals surface area (Å²) in [6.45, 7) is 9.83. The summed E-state index contributed by atoms with van der Waals surface area (Å²) >= 11 is 2.02. The first-order chi connectivity index (χ1) is 21.3. The second-order valence-corrected chi connectivity index (χ2v) is 17.2. The van der Waals surface area contributed by atoms with E-state index in [0.29, 0.717) is 0 Å². The monoisotopic (exact) mass is 595 g/mol. The van der Waals surface area contributed by atoms with Crippen molar-refractivity contribution in [2.24, 2.45) is 23.7 Å². The lowest BCUT2D eigenvalue weighted by atomic mass is 9.42. The third kappa shape index (κ3) is 3.79. The lowest BCUT2D eigenvalue weighted by Gasteiger charge is -2.63. The van der Waals surface area contributed by atoms with Crippen molar-refractivity contribution in [3.05, 3.63) is 113 Å². The molecule has 10 rings (SSSR count). The second kappa shape index (κ2) is 9.52. The number of fused-ring (bicyclic) bond motifs is 3. The molecular formula is C42H45NS. The fourth-order valence-corrected chi connectivity index (χ4v) is 12.1. The van der Waals surface area contributed by atoms with E-state index in [1.807, 2.05) is 11.8 Å². The Labute approximate surface area is 268 Å². The van der Waals surface area contributed by atoms with Crippen LogP contribution in [0.15, 0.2) is 101 Å². The number of nitrogens with zero attached hydrogens (tertiary/aromatic N) is 1. The Morgan fingerprint density at radius 2 is 1.20 bits per heavy atom. The van der Waals surface area contributed by atoms with Crippen LogP contribution in [0.2, 0.25) is 0 Å². The Bertz CT molecular complexity index is 1740. The summed E-state index contributed by atoms with van der Waals surface area (Å²) in [6, 6.07) is 35.4. The molecule has 1 heterocycles. The highest BCUT2D eigenvalue weighted by Gasteiger charge is 2.60. The minimum absolute atomic E-state index is 0.111. The summed E-state index contributed by atoms with van der Waals surface area (Å²) in [5, 5.41) is 0. The number of hydrogen-bond acceptors (Lipinski definition) is 2. The third-order valence-electron chi connectivity index (χ3n) is 12.7. The molecule has 0 atom stereocenters. The van der Waals surface area contributed by atoms with E-state index >= 15 is 0 Å². The van der Waals surface area contributed by atoms with E-state index in [1.54, 1.807) is 11.1 Å². The zero-order valence-electron chi connectivity index (χ0n) is 26.8. The van der Waals surface area contributed by atoms with Crippen LogP contribution in [0.1, 0.15) is 94.9 Å². The van der Waals surface area contributed by atoms with Crippen molar-refractivity contribution < 1.29 is 0 Å². The molecular weight excluding hydrogens is 551 g/mol. The quantitative estimate of drug-likeness (QED) is 0.232. The van der Waals surface area contributed by atoms with Gasteiger partial charge >= 0.3 is 0 Å². The molecule has 0 N–H and O–H groups in total. The minimum atomic E-state index is 0.111. The van der Waals surface area contributed by atoms with Gasteiger partial charge in [0.1, 0.15) is 0 Å². The van der Waals surface area contributed by atoms with Crippen molar-refractivity contribution in [3.8, 4) is 0 Å². The average molecular weight is 596 g/mol. The fraction of sp³-hybridized carbons (Fsp3) is 0.429. The molecule has 0 saturated heterocycles. The van der Waals surface area contributed by atoms with E-state index in [4.69, 9.17) is 0 Å². The normalized spacial score (nSPS) is 30.0. The van der Waals surface area contributed by atoms with Crippen molar-refractivity contribution in [1.82, 2.24) is 0 Å². The first kappa shape index (κ1) is 27.3. The number of rotatable bonds is 3. The average Bonchev–Trinajstić information content (AvgIpc) is 3.02. The Morgan fingerprint density at radius 3 is 1.95 bits per heavy atom. The van der Waals surface area contributed by atoms with Crippen molar-refractivity contribution in [1.29, 1.82) is 0 Å². The molecule has 4 aromatic carbocycles. The van der Waals surface area contributed by atoms with Crippen LogP contribution in [0.3, 0.4) is 0 Å². The van der Waals surface area contributed by atoms with Gasteiger partial charge < -0.3 is 4.90 Å². The highest BCUT2D eigenvalue weighted by Crippen LogP contribution is 2.69. The van der Waals surface area contributed by atoms with Crippen LogP contribution in [0.5, 0.6) is 0 Å². The van der Waals surface area contributed by atoms with Crippen molar-refractivity contribution >= 4 is 28.8 Å². The SMILES string of the molecule is CC1(C)CCC(C)(C)c2c(N(c3ccccc3)c3ccc4c(c3)C3(c5ccccc5S4)C4CC5CC(C4)CC3C5)cccc21. The maximum absolute atomic E-state index is 2.66. The molecule has 4 saturated carbocycles. The molecule has 44 heavy (non-hydrogen) atoms. The zero-order chi connectivity index (χ0) is 29.8. The van der Waals surface area contributed by atoms with E-state index < -0.39 is 0 Å². The van der Waals surface area contributed by atoms with Gasteiger partial charge in [0.2, 0.25) is 0 Å². The van der Waals surface area contributed by atoms with Gasteiger partial charge in [0.25, 0.3) is 0 Å². The lowest BCUT2D eigenvalue weighted by molar-refractivity contribution is -0.0443. The number of para-hydroxylation sites is 1. The smallest absolute Gasteiger partial charge is 0.0502 e. The Hall–Kier alpha value is -2.97. The second-order valence-electron chi connectivity index (χ2n) is 16.1. The summed E-state index contributed by atoms with van der Waals surface area (Å²) in [4.78, 5) is 5.60. The summed E-state index contributed by atoms with van der Waals surface area (Å²) < 4.78 is 0. The molecule has 4 aromatic rings. The molecule has 6 aliphatic rings. The molecule has 1 spiro atoms. The van der Waals surface area contributed by atoms with E-state index in [1.165, 1.54) is 82.9 Å². The van der Waals surface area contributed by atoms with Gasteiger partial charge in [-0.3, -0.25) is 0 Å². The number of anilines is 3. The maximum Gasteiger partial charge on any atom is 0.0502 e. The topological polar surface area (TPSA) is 3.24 Å². The van der Waals surface area contributed by atoms with Gasteiger partial charge in [0, 0.05) is 26.6 Å². The summed E-state index contributed by atoms with van der Waals surface area (Å²) in [5.41, 5.74) is 10.7. The standard InChI is InChI=1S/C42H45NS/c1-40(2)19-20-41(3,4)39-34(40)14-10-15-36(39)43(31-11-6-5-7-12-31)32-17-18-38-35(26-32)42(33-13-8-9-16-37(33)44-38)29-22-27-21-28(24-29)25-30(42)23-27/h5-18,26-30H,19-25H2,1-4H3. The summed E-state index contributed by atoms with van der Waals surface area (Å²) in [7, 11) is 0. The predicted octanol–water partition coefficient (Wildman–Crippen LogP) is 11.7. The molecule has 1 aliphatic heterocycles. The first-order valence-corrected chi connectivity index (χ1v) is 18.0. The highest BCUT2D eigenvalue weighted by molar-refractivity contribution is 7.99. The Kier molecular flexibility index (Phi) is 5.92. The molecule has 0 unspecified atom stereocenters. The maximum atomic E-state index is 2.66. The molecule has 0 amide bonds. The van der Waals surface area contributed by atoms with E-state index in [0.717, 1.165) is 23.7 Å². The molecule has 2 heteroatoms. The molecule has 0 radical (unpaired) electrons. The molecule has 224 valence electrons. The van der Waals surface area contributed by atoms with Gasteiger partial charge in [-0.15, -0.1) is 0 Å². The van der Waals surface area contributed by atoms with Crippen LogP contribution < -0.4 is 4.90 Å². The van der Waals surface area contributed by atoms with Crippen LogP contribution >= 0.6 is 11.8 Å². The fourth-order valence-electron chi connectivity index (χ4n) is 10.9. The van der Waals surface area contributed by atoms with Crippen molar-refractivity contribution in [2.75, 3.05) is 4.90 Å². The van der Waals surface area contributed by atoms with Crippen LogP contribution in [-0.4, -0.2) is 0 Å². The van der Waals surface area contributed by atoms with E-state index in [2.05, 4.69) is 124 Å². The van der Waals surface area contributed by atoms with E-state index in [-0.39, 0.29) is 16.2 Å². The van der Waals surface area contributed by atoms with Gasteiger partial charge in [-0.1, -0.05) is 88.0 Å². The van der Waals surface area contributed by atoms with E-state index in [9.17, 15) is 0 Å². The third-order valence-corrected chi connectivity index (χ3v) is 13.9. The van der Waals surface area contributed by atoms with Gasteiger partial charge in [-0.2, -0.15) is 0 Å². The van der Waals surface area contributed by atoms with Gasteiger partial charge in [-0.25, -0.2) is 0 Å². The molecule has 5 aliphatic carbocycles. The molecule has 0 aromatic heterocycles. The largest absolute Gasteiger partial charge is 0.310 e. The van der Waals surface area contributed by atoms with Crippen LogP contribution in [-0.2, 0) is 16.2 Å². The van der Waals surface area contributed by atoms with Crippen molar-refractivity contribution in [3.63, 3.8) is 0 Å². The number of hydrogen-bond donors (Lipinski definition) is 0. The lowest BCUT2D eigenvalue weighted by Crippen LogP contribution is -2.57. The Morgan fingerprint density at radius 1 is 0.568 bits per heavy atom. The highest BCUT2D eigenvalue weighted by atomic mass is 32.2. The number of benzene rings is 4. The summed E-state index contributed by atoms with van der Waals surface area (Å²) in [6.07, 6.45) is 9.56. The van der Waals surface area contributed by atoms with Gasteiger partial charge in [0.05, 0.1) is 5.69 Å². The summed E-state index contributed by atoms with van der Waals surface area (Å²) in [5.74, 6) is 3.39. The van der Waals surface area contributed by atoms with Crippen LogP contribution in [0, 0.1) is 23.7 Å². The van der Waals surface area contributed by atoms with Crippen LogP contribution in [0.25, 0.3) is 0 Å². The zero-order valence-corrected chi connectivity index (χ0v) is 27.6. The molecule has 1 nitrogen and oxygen atoms in total.